The molecule has 2 heterocycles. The molecule has 0 radical (unpaired) electrons. The third-order valence-corrected chi connectivity index (χ3v) is 6.09. The Morgan fingerprint density at radius 3 is 2.62 bits per heavy atom. The molecule has 1 aliphatic heterocycles. The number of hydrogen-bond donors (Lipinski definition) is 1. The molecule has 0 bridgehead atoms. The highest BCUT2D eigenvalue weighted by molar-refractivity contribution is 5.26. The van der Waals surface area contributed by atoms with Gasteiger partial charge in [0.1, 0.15) is 11.6 Å². The molecule has 2 aliphatic rings. The van der Waals surface area contributed by atoms with E-state index in [9.17, 15) is 9.50 Å². The number of fused-ring (bicyclic) bond motifs is 1. The van der Waals surface area contributed by atoms with Crippen LogP contribution in [0.3, 0.4) is 0 Å². The zero-order chi connectivity index (χ0) is 18.1. The second-order valence-electron chi connectivity index (χ2n) is 7.75. The van der Waals surface area contributed by atoms with Crippen molar-refractivity contribution in [3.8, 4) is 0 Å². The van der Waals surface area contributed by atoms with Crippen LogP contribution >= 0.6 is 0 Å². The highest BCUT2D eigenvalue weighted by Gasteiger charge is 2.49. The van der Waals surface area contributed by atoms with Crippen LogP contribution in [-0.4, -0.2) is 33.1 Å². The topological polar surface area (TPSA) is 49.2 Å². The summed E-state index contributed by atoms with van der Waals surface area (Å²) in [6.07, 6.45) is 7.59. The average molecular weight is 355 g/mol. The van der Waals surface area contributed by atoms with Gasteiger partial charge in [0.05, 0.1) is 5.60 Å². The smallest absolute Gasteiger partial charge is 0.127 e. The Morgan fingerprint density at radius 1 is 1.19 bits per heavy atom. The molecule has 0 spiro atoms. The number of aromatic nitrogens is 2. The van der Waals surface area contributed by atoms with Crippen molar-refractivity contribution in [3.05, 3.63) is 59.4 Å². The molecule has 0 amide bonds. The summed E-state index contributed by atoms with van der Waals surface area (Å²) in [6.45, 7) is 4.71. The molecule has 1 aromatic carbocycles. The summed E-state index contributed by atoms with van der Waals surface area (Å²) < 4.78 is 13.3. The predicted octanol–water partition coefficient (Wildman–Crippen LogP) is 3.30. The van der Waals surface area contributed by atoms with Crippen molar-refractivity contribution in [1.82, 2.24) is 14.9 Å². The molecule has 1 saturated heterocycles. The van der Waals surface area contributed by atoms with Gasteiger partial charge in [-0.1, -0.05) is 19.1 Å². The van der Waals surface area contributed by atoms with E-state index in [0.717, 1.165) is 62.3 Å². The van der Waals surface area contributed by atoms with Crippen molar-refractivity contribution in [2.45, 2.75) is 44.8 Å². The molecule has 5 heteroatoms. The summed E-state index contributed by atoms with van der Waals surface area (Å²) >= 11 is 0. The molecular formula is C21H26FN3O. The largest absolute Gasteiger partial charge is 0.385 e. The van der Waals surface area contributed by atoms with E-state index in [0.29, 0.717) is 5.92 Å². The highest BCUT2D eigenvalue weighted by Crippen LogP contribution is 2.48. The van der Waals surface area contributed by atoms with Crippen molar-refractivity contribution in [3.63, 3.8) is 0 Å². The quantitative estimate of drug-likeness (QED) is 0.914. The summed E-state index contributed by atoms with van der Waals surface area (Å²) in [7, 11) is 0. The minimum Gasteiger partial charge on any atom is -0.385 e. The molecule has 4 rings (SSSR count). The summed E-state index contributed by atoms with van der Waals surface area (Å²) in [5.74, 6) is 1.29. The van der Waals surface area contributed by atoms with E-state index >= 15 is 0 Å². The molecule has 1 saturated carbocycles. The van der Waals surface area contributed by atoms with Crippen LogP contribution in [0.15, 0.2) is 36.7 Å². The standard InChI is InChI=1S/C21H26FN3O/c1-2-20-23-10-15(11-24-20)12-25-13-16-4-3-9-21(26,19(16)14-25)17-5-7-18(22)8-6-17/h5-8,10-11,16,19,26H,2-4,9,12-14H2,1H3/t16-,19-,21-/m0/s1. The molecule has 0 unspecified atom stereocenters. The lowest BCUT2D eigenvalue weighted by Gasteiger charge is -2.41. The van der Waals surface area contributed by atoms with E-state index in [2.05, 4.69) is 21.8 Å². The molecule has 3 atom stereocenters. The number of benzene rings is 1. The van der Waals surface area contributed by atoms with Crippen LogP contribution in [0.4, 0.5) is 4.39 Å². The lowest BCUT2D eigenvalue weighted by Crippen LogP contribution is -2.42. The van der Waals surface area contributed by atoms with Crippen molar-refractivity contribution < 1.29 is 9.50 Å². The number of hydrogen-bond acceptors (Lipinski definition) is 4. The third kappa shape index (κ3) is 3.26. The van der Waals surface area contributed by atoms with Gasteiger partial charge in [-0.05, 0) is 42.9 Å². The van der Waals surface area contributed by atoms with Crippen LogP contribution in [0, 0.1) is 17.7 Å². The molecule has 1 N–H and O–H groups in total. The second-order valence-corrected chi connectivity index (χ2v) is 7.75. The Hall–Kier alpha value is -1.85. The molecule has 26 heavy (non-hydrogen) atoms. The number of halogens is 1. The highest BCUT2D eigenvalue weighted by atomic mass is 19.1. The number of aliphatic hydroxyl groups is 1. The van der Waals surface area contributed by atoms with Gasteiger partial charge in [-0.3, -0.25) is 4.90 Å². The maximum absolute atomic E-state index is 13.3. The fourth-order valence-electron chi connectivity index (χ4n) is 4.74. The number of likely N-dealkylation sites (tertiary alicyclic amines) is 1. The Kier molecular flexibility index (Phi) is 4.76. The SMILES string of the molecule is CCc1ncc(CN2C[C@@H]3CCC[C@](O)(c4ccc(F)cc4)[C@H]3C2)cn1. The second kappa shape index (κ2) is 7.05. The molecular weight excluding hydrogens is 329 g/mol. The van der Waals surface area contributed by atoms with Crippen molar-refractivity contribution in [2.75, 3.05) is 13.1 Å². The Labute approximate surface area is 154 Å². The zero-order valence-electron chi connectivity index (χ0n) is 15.2. The lowest BCUT2D eigenvalue weighted by molar-refractivity contribution is -0.0648. The van der Waals surface area contributed by atoms with Crippen molar-refractivity contribution >= 4 is 0 Å². The van der Waals surface area contributed by atoms with Gasteiger partial charge in [0.25, 0.3) is 0 Å². The first-order chi connectivity index (χ1) is 12.6. The van der Waals surface area contributed by atoms with Gasteiger partial charge in [-0.25, -0.2) is 14.4 Å². The van der Waals surface area contributed by atoms with Gasteiger partial charge in [0, 0.05) is 49.9 Å². The van der Waals surface area contributed by atoms with E-state index in [1.807, 2.05) is 12.4 Å². The summed E-state index contributed by atoms with van der Waals surface area (Å²) in [6, 6.07) is 6.40. The van der Waals surface area contributed by atoms with Crippen LogP contribution in [0.1, 0.15) is 43.1 Å². The van der Waals surface area contributed by atoms with E-state index in [-0.39, 0.29) is 11.7 Å². The van der Waals surface area contributed by atoms with E-state index < -0.39 is 5.60 Å². The first-order valence-electron chi connectivity index (χ1n) is 9.59. The Balaban J connectivity index is 1.51. The van der Waals surface area contributed by atoms with Crippen LogP contribution in [0.2, 0.25) is 0 Å². The number of nitrogens with zero attached hydrogens (tertiary/aromatic N) is 3. The minimum atomic E-state index is -0.853. The first kappa shape index (κ1) is 17.6. The van der Waals surface area contributed by atoms with Gasteiger partial charge >= 0.3 is 0 Å². The summed E-state index contributed by atoms with van der Waals surface area (Å²) in [5.41, 5.74) is 1.12. The van der Waals surface area contributed by atoms with Crippen LogP contribution in [-0.2, 0) is 18.6 Å². The fourth-order valence-corrected chi connectivity index (χ4v) is 4.74. The Bertz CT molecular complexity index is 749. The van der Waals surface area contributed by atoms with Crippen molar-refractivity contribution in [2.24, 2.45) is 11.8 Å². The molecule has 138 valence electrons. The maximum Gasteiger partial charge on any atom is 0.127 e. The van der Waals surface area contributed by atoms with Gasteiger partial charge in [0.15, 0.2) is 0 Å². The van der Waals surface area contributed by atoms with E-state index in [1.54, 1.807) is 12.1 Å². The Morgan fingerprint density at radius 2 is 1.92 bits per heavy atom. The normalized spacial score (nSPS) is 28.9. The van der Waals surface area contributed by atoms with Crippen LogP contribution < -0.4 is 0 Å². The molecule has 1 aliphatic carbocycles. The molecule has 4 nitrogen and oxygen atoms in total. The fraction of sp³-hybridized carbons (Fsp3) is 0.524. The average Bonchev–Trinajstić information content (AvgIpc) is 3.07. The summed E-state index contributed by atoms with van der Waals surface area (Å²) in [5, 5.41) is 11.5. The monoisotopic (exact) mass is 355 g/mol. The van der Waals surface area contributed by atoms with Crippen molar-refractivity contribution in [1.29, 1.82) is 0 Å². The van der Waals surface area contributed by atoms with Gasteiger partial charge < -0.3 is 5.11 Å². The number of aryl methyl sites for hydroxylation is 1. The lowest BCUT2D eigenvalue weighted by atomic mass is 9.67. The van der Waals surface area contributed by atoms with Crippen LogP contribution in [0.25, 0.3) is 0 Å². The van der Waals surface area contributed by atoms with E-state index in [1.165, 1.54) is 12.1 Å². The summed E-state index contributed by atoms with van der Waals surface area (Å²) in [4.78, 5) is 11.2. The number of rotatable bonds is 4. The first-order valence-corrected chi connectivity index (χ1v) is 9.59. The van der Waals surface area contributed by atoms with Gasteiger partial charge in [0.2, 0.25) is 0 Å². The molecule has 1 aromatic heterocycles. The zero-order valence-corrected chi connectivity index (χ0v) is 15.2. The van der Waals surface area contributed by atoms with Crippen LogP contribution in [0.5, 0.6) is 0 Å². The van der Waals surface area contributed by atoms with Gasteiger partial charge in [-0.15, -0.1) is 0 Å². The minimum absolute atomic E-state index is 0.192. The third-order valence-electron chi connectivity index (χ3n) is 6.09. The maximum atomic E-state index is 13.3. The van der Waals surface area contributed by atoms with E-state index in [4.69, 9.17) is 0 Å². The molecule has 2 fully saturated rings. The van der Waals surface area contributed by atoms with Gasteiger partial charge in [-0.2, -0.15) is 0 Å². The molecule has 2 aromatic rings. The predicted molar refractivity (Wildman–Crippen MR) is 97.8 cm³/mol.